The average Bonchev–Trinajstić information content (AvgIpc) is 3.09. The second kappa shape index (κ2) is 8.12. The highest BCUT2D eigenvalue weighted by Crippen LogP contribution is 2.32. The summed E-state index contributed by atoms with van der Waals surface area (Å²) in [6, 6.07) is 10.1. The van der Waals surface area contributed by atoms with Crippen molar-refractivity contribution in [1.82, 2.24) is 0 Å². The molecule has 146 valence electrons. The molecule has 1 heterocycles. The predicted octanol–water partition coefficient (Wildman–Crippen LogP) is 3.99. The summed E-state index contributed by atoms with van der Waals surface area (Å²) in [7, 11) is 1.56. The number of hydrogen-bond donors (Lipinski definition) is 0. The van der Waals surface area contributed by atoms with Crippen LogP contribution >= 0.6 is 0 Å². The van der Waals surface area contributed by atoms with Gasteiger partial charge in [0.1, 0.15) is 0 Å². The highest BCUT2D eigenvalue weighted by molar-refractivity contribution is 6.05. The summed E-state index contributed by atoms with van der Waals surface area (Å²) in [6.45, 7) is 4.37. The van der Waals surface area contributed by atoms with Crippen molar-refractivity contribution in [1.29, 1.82) is 0 Å². The number of amides is 1. The van der Waals surface area contributed by atoms with Gasteiger partial charge in [0.15, 0.2) is 11.5 Å². The van der Waals surface area contributed by atoms with Gasteiger partial charge in [-0.2, -0.15) is 0 Å². The molecule has 0 N–H and O–H groups in total. The number of anilines is 1. The summed E-state index contributed by atoms with van der Waals surface area (Å²) in [6.07, 6.45) is 3.86. The predicted molar refractivity (Wildman–Crippen MR) is 107 cm³/mol. The standard InChI is InChI=1S/C21H22N2O5/c1-14(2)28-19-8-4-15(12-20(19)27-3)5-9-21(24)22-11-10-16-6-7-17(23(25)26)13-18(16)22/h4-9,12-14H,10-11H2,1-3H3/b9-5+. The third kappa shape index (κ3) is 4.14. The number of hydrogen-bond acceptors (Lipinski definition) is 5. The Bertz CT molecular complexity index is 936. The number of fused-ring (bicyclic) bond motifs is 1. The smallest absolute Gasteiger partial charge is 0.271 e. The number of rotatable bonds is 6. The monoisotopic (exact) mass is 382 g/mol. The minimum absolute atomic E-state index is 0.0205. The number of nitro groups is 1. The number of methoxy groups -OCH3 is 1. The van der Waals surface area contributed by atoms with Crippen LogP contribution in [0.15, 0.2) is 42.5 Å². The van der Waals surface area contributed by atoms with Crippen LogP contribution in [-0.4, -0.2) is 30.6 Å². The van der Waals surface area contributed by atoms with E-state index in [4.69, 9.17) is 9.47 Å². The summed E-state index contributed by atoms with van der Waals surface area (Å²) in [5.74, 6) is 1.01. The number of nitrogens with zero attached hydrogens (tertiary/aromatic N) is 2. The molecule has 0 aliphatic carbocycles. The van der Waals surface area contributed by atoms with Crippen LogP contribution in [-0.2, 0) is 11.2 Å². The lowest BCUT2D eigenvalue weighted by molar-refractivity contribution is -0.384. The molecule has 0 radical (unpaired) electrons. The Morgan fingerprint density at radius 3 is 2.68 bits per heavy atom. The lowest BCUT2D eigenvalue weighted by Gasteiger charge is -2.15. The van der Waals surface area contributed by atoms with E-state index >= 15 is 0 Å². The van der Waals surface area contributed by atoms with Crippen molar-refractivity contribution in [2.45, 2.75) is 26.4 Å². The van der Waals surface area contributed by atoms with Crippen molar-refractivity contribution >= 4 is 23.4 Å². The zero-order valence-electron chi connectivity index (χ0n) is 16.0. The lowest BCUT2D eigenvalue weighted by atomic mass is 10.1. The van der Waals surface area contributed by atoms with Crippen molar-refractivity contribution < 1.29 is 19.2 Å². The summed E-state index contributed by atoms with van der Waals surface area (Å²) in [4.78, 5) is 24.8. The van der Waals surface area contributed by atoms with Crippen molar-refractivity contribution in [2.24, 2.45) is 0 Å². The Labute approximate surface area is 163 Å². The number of nitro benzene ring substituents is 1. The van der Waals surface area contributed by atoms with Gasteiger partial charge >= 0.3 is 0 Å². The van der Waals surface area contributed by atoms with Gasteiger partial charge in [-0.05, 0) is 49.6 Å². The Morgan fingerprint density at radius 2 is 2.00 bits per heavy atom. The van der Waals surface area contributed by atoms with Crippen LogP contribution in [0.25, 0.3) is 6.08 Å². The van der Waals surface area contributed by atoms with Gasteiger partial charge < -0.3 is 14.4 Å². The van der Waals surface area contributed by atoms with E-state index in [0.29, 0.717) is 30.2 Å². The van der Waals surface area contributed by atoms with Crippen LogP contribution < -0.4 is 14.4 Å². The molecule has 0 saturated carbocycles. The molecule has 1 aliphatic heterocycles. The molecular formula is C21H22N2O5. The molecule has 0 unspecified atom stereocenters. The maximum Gasteiger partial charge on any atom is 0.271 e. The minimum atomic E-state index is -0.454. The lowest BCUT2D eigenvalue weighted by Crippen LogP contribution is -2.26. The van der Waals surface area contributed by atoms with E-state index in [0.717, 1.165) is 11.1 Å². The Kier molecular flexibility index (Phi) is 5.63. The highest BCUT2D eigenvalue weighted by Gasteiger charge is 2.25. The number of benzene rings is 2. The highest BCUT2D eigenvalue weighted by atomic mass is 16.6. The first kappa shape index (κ1) is 19.4. The van der Waals surface area contributed by atoms with E-state index in [9.17, 15) is 14.9 Å². The number of ether oxygens (including phenoxy) is 2. The first-order valence-electron chi connectivity index (χ1n) is 9.00. The van der Waals surface area contributed by atoms with Crippen LogP contribution in [0.2, 0.25) is 0 Å². The first-order chi connectivity index (χ1) is 13.4. The number of non-ortho nitro benzene ring substituents is 1. The molecular weight excluding hydrogens is 360 g/mol. The van der Waals surface area contributed by atoms with Gasteiger partial charge in [0, 0.05) is 24.8 Å². The molecule has 28 heavy (non-hydrogen) atoms. The number of carbonyl (C=O) groups is 1. The van der Waals surface area contributed by atoms with Crippen LogP contribution in [0, 0.1) is 10.1 Å². The van der Waals surface area contributed by atoms with Crippen LogP contribution in [0.5, 0.6) is 11.5 Å². The maximum atomic E-state index is 12.6. The van der Waals surface area contributed by atoms with Gasteiger partial charge in [-0.3, -0.25) is 14.9 Å². The maximum absolute atomic E-state index is 12.6. The fourth-order valence-electron chi connectivity index (χ4n) is 3.11. The second-order valence-electron chi connectivity index (χ2n) is 6.72. The van der Waals surface area contributed by atoms with Gasteiger partial charge in [-0.15, -0.1) is 0 Å². The summed E-state index contributed by atoms with van der Waals surface area (Å²) in [5.41, 5.74) is 2.30. The van der Waals surface area contributed by atoms with Crippen molar-refractivity contribution in [3.05, 3.63) is 63.7 Å². The second-order valence-corrected chi connectivity index (χ2v) is 6.72. The minimum Gasteiger partial charge on any atom is -0.493 e. The third-order valence-electron chi connectivity index (χ3n) is 4.41. The summed E-state index contributed by atoms with van der Waals surface area (Å²) in [5, 5.41) is 11.0. The van der Waals surface area contributed by atoms with E-state index < -0.39 is 4.92 Å². The topological polar surface area (TPSA) is 81.9 Å². The Balaban J connectivity index is 1.78. The molecule has 1 amide bonds. The fraction of sp³-hybridized carbons (Fsp3) is 0.286. The zero-order chi connectivity index (χ0) is 20.3. The van der Waals surface area contributed by atoms with Crippen molar-refractivity contribution in [2.75, 3.05) is 18.6 Å². The molecule has 0 aromatic heterocycles. The largest absolute Gasteiger partial charge is 0.493 e. The zero-order valence-corrected chi connectivity index (χ0v) is 16.0. The van der Waals surface area contributed by atoms with Crippen molar-refractivity contribution in [3.63, 3.8) is 0 Å². The Morgan fingerprint density at radius 1 is 1.21 bits per heavy atom. The molecule has 0 bridgehead atoms. The first-order valence-corrected chi connectivity index (χ1v) is 9.00. The average molecular weight is 382 g/mol. The molecule has 0 fully saturated rings. The molecule has 1 aliphatic rings. The number of carbonyl (C=O) groups excluding carboxylic acids is 1. The van der Waals surface area contributed by atoms with Gasteiger partial charge in [0.25, 0.3) is 11.6 Å². The van der Waals surface area contributed by atoms with Gasteiger partial charge in [-0.25, -0.2) is 0 Å². The summed E-state index contributed by atoms with van der Waals surface area (Å²) < 4.78 is 11.0. The molecule has 2 aromatic carbocycles. The third-order valence-corrected chi connectivity index (χ3v) is 4.41. The molecule has 0 saturated heterocycles. The Hall–Kier alpha value is -3.35. The van der Waals surface area contributed by atoms with E-state index in [1.54, 1.807) is 36.3 Å². The summed E-state index contributed by atoms with van der Waals surface area (Å²) >= 11 is 0. The SMILES string of the molecule is COc1cc(/C=C/C(=O)N2CCc3ccc([N+](=O)[O-])cc32)ccc1OC(C)C. The van der Waals surface area contributed by atoms with Gasteiger partial charge in [0.2, 0.25) is 0 Å². The van der Waals surface area contributed by atoms with E-state index in [-0.39, 0.29) is 17.7 Å². The quantitative estimate of drug-likeness (QED) is 0.429. The molecule has 0 spiro atoms. The molecule has 7 nitrogen and oxygen atoms in total. The van der Waals surface area contributed by atoms with E-state index in [2.05, 4.69) is 0 Å². The van der Waals surface area contributed by atoms with Crippen LogP contribution in [0.3, 0.4) is 0 Å². The van der Waals surface area contributed by atoms with Crippen LogP contribution in [0.4, 0.5) is 11.4 Å². The molecule has 3 rings (SSSR count). The fourth-order valence-corrected chi connectivity index (χ4v) is 3.11. The van der Waals surface area contributed by atoms with Crippen LogP contribution in [0.1, 0.15) is 25.0 Å². The molecule has 2 aromatic rings. The molecule has 7 heteroatoms. The van der Waals surface area contributed by atoms with Gasteiger partial charge in [0.05, 0.1) is 23.8 Å². The molecule has 0 atom stereocenters. The van der Waals surface area contributed by atoms with Gasteiger partial charge in [-0.1, -0.05) is 12.1 Å². The van der Waals surface area contributed by atoms with E-state index in [1.807, 2.05) is 19.9 Å². The normalized spacial score (nSPS) is 13.1. The van der Waals surface area contributed by atoms with Crippen molar-refractivity contribution in [3.8, 4) is 11.5 Å². The van der Waals surface area contributed by atoms with E-state index in [1.165, 1.54) is 18.2 Å².